The molecule has 0 unspecified atom stereocenters. The van der Waals surface area contributed by atoms with E-state index >= 15 is 0 Å². The maximum atomic E-state index is 6.13. The van der Waals surface area contributed by atoms with Gasteiger partial charge in [0.25, 0.3) is 0 Å². The summed E-state index contributed by atoms with van der Waals surface area (Å²) in [5.74, 6) is 1.69. The Morgan fingerprint density at radius 1 is 0.750 bits per heavy atom. The van der Waals surface area contributed by atoms with E-state index in [-0.39, 0.29) is 0 Å². The number of hydrogen-bond acceptors (Lipinski definition) is 3. The lowest BCUT2D eigenvalue weighted by atomic mass is 10.1. The molecule has 0 bridgehead atoms. The quantitative estimate of drug-likeness (QED) is 0.217. The summed E-state index contributed by atoms with van der Waals surface area (Å²) in [6, 6.07) is 36.8. The lowest BCUT2D eigenvalue weighted by molar-refractivity contribution is 0.306. The highest BCUT2D eigenvalue weighted by Crippen LogP contribution is 2.26. The Morgan fingerprint density at radius 2 is 1.44 bits per heavy atom. The fraction of sp³-hybridized carbons (Fsp3) is 0.129. The topological polar surface area (TPSA) is 39.1 Å². The van der Waals surface area contributed by atoms with Crippen molar-refractivity contribution in [2.45, 2.75) is 26.1 Å². The van der Waals surface area contributed by atoms with E-state index in [1.807, 2.05) is 66.9 Å². The van der Waals surface area contributed by atoms with Crippen molar-refractivity contribution >= 4 is 17.5 Å². The van der Waals surface area contributed by atoms with Crippen molar-refractivity contribution in [2.24, 2.45) is 0 Å². The third-order valence-electron chi connectivity index (χ3n) is 6.06. The Bertz CT molecular complexity index is 1380. The molecule has 5 rings (SSSR count). The molecule has 0 saturated carbocycles. The first-order valence-electron chi connectivity index (χ1n) is 12.1. The Labute approximate surface area is 217 Å². The summed E-state index contributed by atoms with van der Waals surface area (Å²) in [7, 11) is 0. The van der Waals surface area contributed by atoms with Crippen LogP contribution >= 0.6 is 11.6 Å². The lowest BCUT2D eigenvalue weighted by Gasteiger charge is -2.14. The second-order valence-corrected chi connectivity index (χ2v) is 9.07. The molecule has 4 aromatic carbocycles. The van der Waals surface area contributed by atoms with Crippen LogP contribution in [0.1, 0.15) is 16.7 Å². The fourth-order valence-corrected chi connectivity index (χ4v) is 4.27. The second kappa shape index (κ2) is 11.6. The van der Waals surface area contributed by atoms with E-state index in [0.717, 1.165) is 52.1 Å². The number of anilines is 1. The smallest absolute Gasteiger partial charge is 0.203 e. The number of benzene rings is 4. The molecule has 1 heterocycles. The number of nitrogens with one attached hydrogen (secondary N) is 1. The molecule has 0 saturated heterocycles. The van der Waals surface area contributed by atoms with Gasteiger partial charge >= 0.3 is 0 Å². The van der Waals surface area contributed by atoms with Crippen LogP contribution in [0.3, 0.4) is 0 Å². The Balaban J connectivity index is 1.31. The van der Waals surface area contributed by atoms with Gasteiger partial charge in [-0.1, -0.05) is 96.5 Å². The van der Waals surface area contributed by atoms with Crippen LogP contribution in [-0.2, 0) is 26.1 Å². The van der Waals surface area contributed by atoms with Crippen LogP contribution in [0.15, 0.2) is 115 Å². The van der Waals surface area contributed by atoms with Crippen LogP contribution in [0.4, 0.5) is 5.95 Å². The van der Waals surface area contributed by atoms with E-state index < -0.39 is 0 Å². The van der Waals surface area contributed by atoms with E-state index in [9.17, 15) is 0 Å². The zero-order valence-electron chi connectivity index (χ0n) is 20.0. The summed E-state index contributed by atoms with van der Waals surface area (Å²) >= 11 is 6.13. The molecule has 0 amide bonds. The summed E-state index contributed by atoms with van der Waals surface area (Å²) < 4.78 is 8.25. The van der Waals surface area contributed by atoms with Gasteiger partial charge in [0, 0.05) is 18.1 Å². The highest BCUT2D eigenvalue weighted by atomic mass is 35.5. The van der Waals surface area contributed by atoms with Crippen molar-refractivity contribution in [2.75, 3.05) is 5.32 Å². The monoisotopic (exact) mass is 493 g/mol. The van der Waals surface area contributed by atoms with Gasteiger partial charge in [-0.2, -0.15) is 0 Å². The summed E-state index contributed by atoms with van der Waals surface area (Å²) in [5.41, 5.74) is 5.72. The summed E-state index contributed by atoms with van der Waals surface area (Å²) in [6.45, 7) is 2.00. The summed E-state index contributed by atoms with van der Waals surface area (Å²) in [4.78, 5) is 4.73. The number of ether oxygens (including phenoxy) is 1. The molecular weight excluding hydrogens is 466 g/mol. The number of aromatic nitrogens is 2. The van der Waals surface area contributed by atoms with Gasteiger partial charge in [-0.05, 0) is 52.9 Å². The average molecular weight is 494 g/mol. The largest absolute Gasteiger partial charge is 0.489 e. The van der Waals surface area contributed by atoms with E-state index in [2.05, 4.69) is 58.4 Å². The number of halogens is 1. The molecule has 0 spiro atoms. The molecule has 1 aromatic heterocycles. The van der Waals surface area contributed by atoms with Crippen molar-refractivity contribution in [1.29, 1.82) is 0 Å². The van der Waals surface area contributed by atoms with Crippen LogP contribution < -0.4 is 10.1 Å². The highest BCUT2D eigenvalue weighted by molar-refractivity contribution is 6.30. The minimum absolute atomic E-state index is 0.548. The standard InChI is InChI=1S/C31H28ClN3O/c32-28-16-14-27(15-17-28)30-22-34-31(35(30)19-18-24-8-3-1-4-9-24)33-21-26-12-7-13-29(20-26)36-23-25-10-5-2-6-11-25/h1-17,20,22H,18-19,21,23H2,(H,33,34). The van der Waals surface area contributed by atoms with Gasteiger partial charge in [-0.25, -0.2) is 4.98 Å². The molecule has 0 fully saturated rings. The van der Waals surface area contributed by atoms with Gasteiger partial charge < -0.3 is 14.6 Å². The molecule has 36 heavy (non-hydrogen) atoms. The molecule has 1 N–H and O–H groups in total. The minimum atomic E-state index is 0.548. The van der Waals surface area contributed by atoms with Crippen LogP contribution in [0.2, 0.25) is 5.02 Å². The van der Waals surface area contributed by atoms with Crippen molar-refractivity contribution < 1.29 is 4.74 Å². The van der Waals surface area contributed by atoms with Gasteiger partial charge in [-0.3, -0.25) is 0 Å². The zero-order valence-corrected chi connectivity index (χ0v) is 20.7. The highest BCUT2D eigenvalue weighted by Gasteiger charge is 2.12. The molecule has 0 aliphatic rings. The van der Waals surface area contributed by atoms with Crippen molar-refractivity contribution in [3.63, 3.8) is 0 Å². The Hall–Kier alpha value is -4.02. The van der Waals surface area contributed by atoms with Crippen molar-refractivity contribution in [3.8, 4) is 17.0 Å². The first-order chi connectivity index (χ1) is 17.7. The average Bonchev–Trinajstić information content (AvgIpc) is 3.34. The molecule has 0 radical (unpaired) electrons. The Kier molecular flexibility index (Phi) is 7.64. The predicted octanol–water partition coefficient (Wildman–Crippen LogP) is 7.64. The van der Waals surface area contributed by atoms with Crippen molar-refractivity contribution in [3.05, 3.63) is 137 Å². The van der Waals surface area contributed by atoms with Gasteiger partial charge in [0.2, 0.25) is 5.95 Å². The molecule has 0 atom stereocenters. The van der Waals surface area contributed by atoms with E-state index in [1.54, 1.807) is 0 Å². The molecule has 0 aliphatic heterocycles. The Morgan fingerprint density at radius 3 is 2.19 bits per heavy atom. The van der Waals surface area contributed by atoms with E-state index in [0.29, 0.717) is 13.2 Å². The van der Waals surface area contributed by atoms with Gasteiger partial charge in [0.05, 0.1) is 11.9 Å². The summed E-state index contributed by atoms with van der Waals surface area (Å²) in [5, 5.41) is 4.26. The number of imidazole rings is 1. The molecule has 5 heteroatoms. The predicted molar refractivity (Wildman–Crippen MR) is 147 cm³/mol. The summed E-state index contributed by atoms with van der Waals surface area (Å²) in [6.07, 6.45) is 2.84. The number of aryl methyl sites for hydroxylation is 1. The number of hydrogen-bond donors (Lipinski definition) is 1. The first-order valence-corrected chi connectivity index (χ1v) is 12.5. The van der Waals surface area contributed by atoms with Gasteiger partial charge in [0.1, 0.15) is 12.4 Å². The van der Waals surface area contributed by atoms with Crippen LogP contribution in [0.5, 0.6) is 5.75 Å². The molecule has 0 aliphatic carbocycles. The minimum Gasteiger partial charge on any atom is -0.489 e. The van der Waals surface area contributed by atoms with E-state index in [1.165, 1.54) is 5.56 Å². The second-order valence-electron chi connectivity index (χ2n) is 8.64. The van der Waals surface area contributed by atoms with Gasteiger partial charge in [0.15, 0.2) is 0 Å². The number of nitrogens with zero attached hydrogens (tertiary/aromatic N) is 2. The fourth-order valence-electron chi connectivity index (χ4n) is 4.15. The van der Waals surface area contributed by atoms with Crippen LogP contribution in [0, 0.1) is 0 Å². The van der Waals surface area contributed by atoms with Crippen LogP contribution in [0.25, 0.3) is 11.3 Å². The molecule has 180 valence electrons. The number of rotatable bonds is 10. The molecule has 4 nitrogen and oxygen atoms in total. The normalized spacial score (nSPS) is 10.8. The zero-order chi connectivity index (χ0) is 24.6. The SMILES string of the molecule is Clc1ccc(-c2cnc(NCc3cccc(OCc4ccccc4)c3)n2CCc2ccccc2)cc1. The maximum Gasteiger partial charge on any atom is 0.203 e. The lowest BCUT2D eigenvalue weighted by Crippen LogP contribution is -2.10. The van der Waals surface area contributed by atoms with Gasteiger partial charge in [-0.15, -0.1) is 0 Å². The molecular formula is C31H28ClN3O. The van der Waals surface area contributed by atoms with Crippen molar-refractivity contribution in [1.82, 2.24) is 9.55 Å². The first kappa shape index (κ1) is 23.7. The maximum absolute atomic E-state index is 6.13. The third kappa shape index (κ3) is 6.15. The third-order valence-corrected chi connectivity index (χ3v) is 6.31. The molecule has 5 aromatic rings. The van der Waals surface area contributed by atoms with Crippen LogP contribution in [-0.4, -0.2) is 9.55 Å². The van der Waals surface area contributed by atoms with E-state index in [4.69, 9.17) is 21.3 Å².